The van der Waals surface area contributed by atoms with Crippen LogP contribution in [0.15, 0.2) is 24.3 Å². The van der Waals surface area contributed by atoms with Gasteiger partial charge in [-0.2, -0.15) is 0 Å². The molecule has 0 aromatic heterocycles. The summed E-state index contributed by atoms with van der Waals surface area (Å²) in [6.07, 6.45) is 7.38. The molecule has 0 amide bonds. The molecule has 1 aliphatic carbocycles. The number of allylic oxidation sites excluding steroid dienone is 2. The summed E-state index contributed by atoms with van der Waals surface area (Å²) in [6.45, 7) is 7.98. The number of piperazine rings is 1. The average molecular weight is 285 g/mol. The van der Waals surface area contributed by atoms with Crippen LogP contribution in [0.2, 0.25) is 0 Å². The van der Waals surface area contributed by atoms with E-state index in [1.807, 2.05) is 0 Å². The van der Waals surface area contributed by atoms with E-state index in [1.54, 1.807) is 0 Å². The predicted octanol–water partition coefficient (Wildman–Crippen LogP) is 3.37. The van der Waals surface area contributed by atoms with Gasteiger partial charge in [0.15, 0.2) is 0 Å². The zero-order chi connectivity index (χ0) is 14.7. The normalized spacial score (nSPS) is 20.4. The van der Waals surface area contributed by atoms with Gasteiger partial charge in [0, 0.05) is 43.1 Å². The first kappa shape index (κ1) is 14.5. The average Bonchev–Trinajstić information content (AvgIpc) is 2.56. The Morgan fingerprint density at radius 2 is 1.90 bits per heavy atom. The smallest absolute Gasteiger partial charge is 0.0391 e. The lowest BCUT2D eigenvalue weighted by Crippen LogP contribution is -2.46. The van der Waals surface area contributed by atoms with Crippen LogP contribution in [-0.2, 0) is 0 Å². The fourth-order valence-corrected chi connectivity index (χ4v) is 3.42. The van der Waals surface area contributed by atoms with Crippen LogP contribution >= 0.6 is 0 Å². The van der Waals surface area contributed by atoms with Crippen molar-refractivity contribution in [2.24, 2.45) is 0 Å². The number of nitrogen functional groups attached to an aromatic ring is 1. The second-order valence-corrected chi connectivity index (χ2v) is 6.17. The molecule has 1 aromatic rings. The Morgan fingerprint density at radius 3 is 2.57 bits per heavy atom. The number of likely N-dealkylation sites (N-methyl/N-ethyl adjacent to an activating group) is 1. The minimum atomic E-state index is 0.930. The topological polar surface area (TPSA) is 32.5 Å². The fraction of sp³-hybridized carbons (Fsp3) is 0.556. The summed E-state index contributed by atoms with van der Waals surface area (Å²) < 4.78 is 0. The van der Waals surface area contributed by atoms with Crippen molar-refractivity contribution in [3.63, 3.8) is 0 Å². The SMILES string of the molecule is CCN1CCN(c2ccc(N)c(C3=CCCCC3)c2)CC1. The van der Waals surface area contributed by atoms with Crippen LogP contribution in [0.25, 0.3) is 5.57 Å². The first-order valence-corrected chi connectivity index (χ1v) is 8.34. The van der Waals surface area contributed by atoms with Gasteiger partial charge in [0.2, 0.25) is 0 Å². The molecule has 2 N–H and O–H groups in total. The van der Waals surface area contributed by atoms with Crippen molar-refractivity contribution < 1.29 is 0 Å². The van der Waals surface area contributed by atoms with E-state index in [0.717, 1.165) is 25.3 Å². The Bertz CT molecular complexity index is 513. The Kier molecular flexibility index (Phi) is 4.49. The lowest BCUT2D eigenvalue weighted by molar-refractivity contribution is 0.271. The van der Waals surface area contributed by atoms with Gasteiger partial charge in [0.05, 0.1) is 0 Å². The third kappa shape index (κ3) is 3.24. The van der Waals surface area contributed by atoms with Gasteiger partial charge in [-0.3, -0.25) is 0 Å². The maximum absolute atomic E-state index is 6.23. The third-order valence-electron chi connectivity index (χ3n) is 4.86. The van der Waals surface area contributed by atoms with E-state index in [2.05, 4.69) is 41.0 Å². The Hall–Kier alpha value is -1.48. The molecule has 0 radical (unpaired) electrons. The highest BCUT2D eigenvalue weighted by Crippen LogP contribution is 2.33. The van der Waals surface area contributed by atoms with Gasteiger partial charge in [-0.15, -0.1) is 0 Å². The molecule has 1 aromatic carbocycles. The molecular formula is C18H27N3. The highest BCUT2D eigenvalue weighted by atomic mass is 15.3. The predicted molar refractivity (Wildman–Crippen MR) is 91.6 cm³/mol. The van der Waals surface area contributed by atoms with Gasteiger partial charge in [-0.1, -0.05) is 13.0 Å². The second kappa shape index (κ2) is 6.52. The zero-order valence-electron chi connectivity index (χ0n) is 13.1. The third-order valence-corrected chi connectivity index (χ3v) is 4.86. The van der Waals surface area contributed by atoms with E-state index >= 15 is 0 Å². The summed E-state index contributed by atoms with van der Waals surface area (Å²) in [7, 11) is 0. The molecular weight excluding hydrogens is 258 g/mol. The van der Waals surface area contributed by atoms with Gasteiger partial charge in [-0.25, -0.2) is 0 Å². The molecule has 21 heavy (non-hydrogen) atoms. The molecule has 2 aliphatic rings. The molecule has 0 atom stereocenters. The van der Waals surface area contributed by atoms with E-state index in [0.29, 0.717) is 0 Å². The van der Waals surface area contributed by atoms with Crippen molar-refractivity contribution >= 4 is 16.9 Å². The number of hydrogen-bond acceptors (Lipinski definition) is 3. The molecule has 3 rings (SSSR count). The molecule has 0 saturated carbocycles. The Balaban J connectivity index is 1.79. The summed E-state index contributed by atoms with van der Waals surface area (Å²) in [5.74, 6) is 0. The number of anilines is 2. The number of hydrogen-bond donors (Lipinski definition) is 1. The molecule has 1 heterocycles. The Labute approximate surface area is 128 Å². The number of benzene rings is 1. The van der Waals surface area contributed by atoms with E-state index in [-0.39, 0.29) is 0 Å². The molecule has 0 bridgehead atoms. The summed E-state index contributed by atoms with van der Waals surface area (Å²) in [5, 5.41) is 0. The summed E-state index contributed by atoms with van der Waals surface area (Å²) >= 11 is 0. The number of nitrogens with two attached hydrogens (primary N) is 1. The number of rotatable bonds is 3. The van der Waals surface area contributed by atoms with Crippen molar-refractivity contribution in [1.82, 2.24) is 4.90 Å². The van der Waals surface area contributed by atoms with Gasteiger partial charge >= 0.3 is 0 Å². The van der Waals surface area contributed by atoms with Crippen LogP contribution in [0.5, 0.6) is 0 Å². The second-order valence-electron chi connectivity index (χ2n) is 6.17. The van der Waals surface area contributed by atoms with Crippen LogP contribution in [0.3, 0.4) is 0 Å². The van der Waals surface area contributed by atoms with Crippen LogP contribution in [0.4, 0.5) is 11.4 Å². The molecule has 1 saturated heterocycles. The van der Waals surface area contributed by atoms with Crippen molar-refractivity contribution in [3.05, 3.63) is 29.8 Å². The monoisotopic (exact) mass is 285 g/mol. The lowest BCUT2D eigenvalue weighted by Gasteiger charge is -2.36. The largest absolute Gasteiger partial charge is 0.398 e. The van der Waals surface area contributed by atoms with Crippen LogP contribution in [0, 0.1) is 0 Å². The Morgan fingerprint density at radius 1 is 1.10 bits per heavy atom. The minimum absolute atomic E-state index is 0.930. The summed E-state index contributed by atoms with van der Waals surface area (Å²) in [5.41, 5.74) is 11.2. The maximum atomic E-state index is 6.23. The van der Waals surface area contributed by atoms with E-state index < -0.39 is 0 Å². The standard InChI is InChI=1S/C18H27N3/c1-2-20-10-12-21(13-11-20)16-8-9-18(19)17(14-16)15-6-4-3-5-7-15/h6,8-9,14H,2-5,7,10-13,19H2,1H3. The minimum Gasteiger partial charge on any atom is -0.398 e. The van der Waals surface area contributed by atoms with E-state index in [1.165, 1.54) is 55.6 Å². The van der Waals surface area contributed by atoms with Gasteiger partial charge in [0.25, 0.3) is 0 Å². The van der Waals surface area contributed by atoms with Gasteiger partial charge < -0.3 is 15.5 Å². The highest BCUT2D eigenvalue weighted by Gasteiger charge is 2.17. The van der Waals surface area contributed by atoms with Crippen LogP contribution in [-0.4, -0.2) is 37.6 Å². The van der Waals surface area contributed by atoms with E-state index in [4.69, 9.17) is 5.73 Å². The number of nitrogens with zero attached hydrogens (tertiary/aromatic N) is 2. The summed E-state index contributed by atoms with van der Waals surface area (Å²) in [4.78, 5) is 5.01. The quantitative estimate of drug-likeness (QED) is 0.864. The van der Waals surface area contributed by atoms with Crippen molar-refractivity contribution in [3.8, 4) is 0 Å². The lowest BCUT2D eigenvalue weighted by atomic mass is 9.92. The molecule has 0 spiro atoms. The fourth-order valence-electron chi connectivity index (χ4n) is 3.42. The molecule has 1 fully saturated rings. The van der Waals surface area contributed by atoms with Crippen LogP contribution in [0.1, 0.15) is 38.2 Å². The first-order valence-electron chi connectivity index (χ1n) is 8.34. The van der Waals surface area contributed by atoms with E-state index in [9.17, 15) is 0 Å². The maximum Gasteiger partial charge on any atom is 0.0391 e. The van der Waals surface area contributed by atoms with Gasteiger partial charge in [0.1, 0.15) is 0 Å². The molecule has 114 valence electrons. The van der Waals surface area contributed by atoms with Gasteiger partial charge in [-0.05, 0) is 56.0 Å². The zero-order valence-corrected chi connectivity index (χ0v) is 13.1. The van der Waals surface area contributed by atoms with Crippen molar-refractivity contribution in [2.45, 2.75) is 32.6 Å². The van der Waals surface area contributed by atoms with Crippen molar-refractivity contribution in [2.75, 3.05) is 43.4 Å². The summed E-state index contributed by atoms with van der Waals surface area (Å²) in [6, 6.07) is 6.59. The molecule has 3 heteroatoms. The van der Waals surface area contributed by atoms with Crippen LogP contribution < -0.4 is 10.6 Å². The van der Waals surface area contributed by atoms with Crippen molar-refractivity contribution in [1.29, 1.82) is 0 Å². The highest BCUT2D eigenvalue weighted by molar-refractivity contribution is 5.78. The molecule has 3 nitrogen and oxygen atoms in total. The first-order chi connectivity index (χ1) is 10.3. The molecule has 0 unspecified atom stereocenters. The molecule has 1 aliphatic heterocycles.